The third-order valence-electron chi connectivity index (χ3n) is 4.18. The van der Waals surface area contributed by atoms with Crippen molar-refractivity contribution >= 4 is 23.0 Å². The van der Waals surface area contributed by atoms with Crippen molar-refractivity contribution in [1.82, 2.24) is 14.8 Å². The van der Waals surface area contributed by atoms with Crippen LogP contribution in [-0.4, -0.2) is 20.5 Å². The predicted molar refractivity (Wildman–Crippen MR) is 94.5 cm³/mol. The number of hydrogen-bond donors (Lipinski definition) is 0. The molecule has 25 heavy (non-hydrogen) atoms. The van der Waals surface area contributed by atoms with Gasteiger partial charge in [-0.1, -0.05) is 18.2 Å². The lowest BCUT2D eigenvalue weighted by molar-refractivity contribution is 0.476. The van der Waals surface area contributed by atoms with Gasteiger partial charge in [0, 0.05) is 5.71 Å². The van der Waals surface area contributed by atoms with Gasteiger partial charge in [-0.05, 0) is 36.1 Å². The molecule has 2 atom stereocenters. The third-order valence-corrected chi connectivity index (χ3v) is 5.05. The number of benzene rings is 1. The summed E-state index contributed by atoms with van der Waals surface area (Å²) >= 11 is 1.56. The van der Waals surface area contributed by atoms with Gasteiger partial charge >= 0.3 is 0 Å². The molecule has 0 radical (unpaired) electrons. The van der Waals surface area contributed by atoms with Crippen molar-refractivity contribution in [2.45, 2.75) is 13.0 Å². The van der Waals surface area contributed by atoms with E-state index in [-0.39, 0.29) is 6.04 Å². The maximum Gasteiger partial charge on any atom is 0.249 e. The van der Waals surface area contributed by atoms with E-state index >= 15 is 0 Å². The first-order valence-corrected chi connectivity index (χ1v) is 8.54. The molecule has 3 heterocycles. The molecular weight excluding hydrogens is 332 g/mol. The Labute approximate surface area is 148 Å². The standard InChI is InChI=1S/C18H12N6S/c1-11-14(10-20)16(13-6-4-12(9-19)5-7-13)24-18(21-11)22-17(23-24)15-3-2-8-25-15/h2-8,14,16H,1H3. The van der Waals surface area contributed by atoms with Crippen LogP contribution in [0.15, 0.2) is 46.8 Å². The van der Waals surface area contributed by atoms with E-state index < -0.39 is 5.92 Å². The molecule has 0 amide bonds. The first-order valence-electron chi connectivity index (χ1n) is 7.66. The summed E-state index contributed by atoms with van der Waals surface area (Å²) in [5.41, 5.74) is 2.20. The monoisotopic (exact) mass is 344 g/mol. The Morgan fingerprint density at radius 2 is 1.96 bits per heavy atom. The zero-order valence-corrected chi connectivity index (χ0v) is 14.1. The van der Waals surface area contributed by atoms with Gasteiger partial charge in [0.1, 0.15) is 12.0 Å². The fourth-order valence-corrected chi connectivity index (χ4v) is 3.59. The van der Waals surface area contributed by atoms with Crippen LogP contribution in [0.4, 0.5) is 5.95 Å². The molecule has 2 aromatic heterocycles. The molecule has 4 rings (SSSR count). The number of aromatic nitrogens is 3. The zero-order chi connectivity index (χ0) is 17.4. The van der Waals surface area contributed by atoms with Crippen LogP contribution < -0.4 is 0 Å². The molecular formula is C18H12N6S. The van der Waals surface area contributed by atoms with E-state index in [1.54, 1.807) is 28.2 Å². The molecule has 1 aromatic carbocycles. The van der Waals surface area contributed by atoms with Crippen molar-refractivity contribution in [2.24, 2.45) is 10.9 Å². The van der Waals surface area contributed by atoms with Gasteiger partial charge in [-0.2, -0.15) is 15.5 Å². The van der Waals surface area contributed by atoms with Gasteiger partial charge in [-0.15, -0.1) is 16.4 Å². The molecule has 0 aliphatic carbocycles. The number of hydrogen-bond acceptors (Lipinski definition) is 6. The summed E-state index contributed by atoms with van der Waals surface area (Å²) in [6.45, 7) is 1.84. The summed E-state index contributed by atoms with van der Waals surface area (Å²) in [4.78, 5) is 9.97. The smallest absolute Gasteiger partial charge is 0.220 e. The average Bonchev–Trinajstić information content (AvgIpc) is 3.30. The van der Waals surface area contributed by atoms with Crippen molar-refractivity contribution in [3.05, 3.63) is 52.9 Å². The summed E-state index contributed by atoms with van der Waals surface area (Å²) in [6.07, 6.45) is 0. The molecule has 0 saturated heterocycles. The first-order chi connectivity index (χ1) is 12.2. The van der Waals surface area contributed by atoms with Crippen LogP contribution in [0.5, 0.6) is 0 Å². The fourth-order valence-electron chi connectivity index (χ4n) is 2.94. The Bertz CT molecular complexity index is 1030. The maximum atomic E-state index is 9.67. The Kier molecular flexibility index (Phi) is 3.64. The van der Waals surface area contributed by atoms with Crippen LogP contribution in [0, 0.1) is 28.6 Å². The van der Waals surface area contributed by atoms with Crippen LogP contribution in [-0.2, 0) is 0 Å². The Hall–Kier alpha value is -3.29. The summed E-state index contributed by atoms with van der Waals surface area (Å²) in [5.74, 6) is 0.680. The van der Waals surface area contributed by atoms with Crippen LogP contribution in [0.25, 0.3) is 10.7 Å². The van der Waals surface area contributed by atoms with E-state index in [9.17, 15) is 5.26 Å². The summed E-state index contributed by atoms with van der Waals surface area (Å²) in [7, 11) is 0. The number of rotatable bonds is 2. The Morgan fingerprint density at radius 3 is 2.60 bits per heavy atom. The van der Waals surface area contributed by atoms with Crippen LogP contribution in [0.3, 0.4) is 0 Å². The van der Waals surface area contributed by atoms with Crippen molar-refractivity contribution in [3.63, 3.8) is 0 Å². The normalized spacial score (nSPS) is 18.8. The molecule has 0 saturated carbocycles. The zero-order valence-electron chi connectivity index (χ0n) is 13.3. The Balaban J connectivity index is 1.86. The second-order valence-corrected chi connectivity index (χ2v) is 6.64. The van der Waals surface area contributed by atoms with Gasteiger partial charge in [0.2, 0.25) is 5.95 Å². The van der Waals surface area contributed by atoms with E-state index in [1.165, 1.54) is 0 Å². The number of nitriles is 2. The van der Waals surface area contributed by atoms with Gasteiger partial charge in [0.25, 0.3) is 0 Å². The fraction of sp³-hybridized carbons (Fsp3) is 0.167. The highest BCUT2D eigenvalue weighted by Crippen LogP contribution is 2.36. The van der Waals surface area contributed by atoms with E-state index in [2.05, 4.69) is 27.2 Å². The van der Waals surface area contributed by atoms with Crippen molar-refractivity contribution in [3.8, 4) is 22.8 Å². The minimum absolute atomic E-state index is 0.313. The lowest BCUT2D eigenvalue weighted by Gasteiger charge is -2.26. The average molecular weight is 344 g/mol. The molecule has 0 spiro atoms. The number of fused-ring (bicyclic) bond motifs is 1. The third kappa shape index (κ3) is 2.51. The van der Waals surface area contributed by atoms with Gasteiger partial charge in [-0.25, -0.2) is 9.67 Å². The number of nitrogens with zero attached hydrogens (tertiary/aromatic N) is 6. The molecule has 2 unspecified atom stereocenters. The maximum absolute atomic E-state index is 9.67. The first kappa shape index (κ1) is 15.3. The van der Waals surface area contributed by atoms with E-state index in [0.29, 0.717) is 17.3 Å². The second-order valence-electron chi connectivity index (χ2n) is 5.70. The lowest BCUT2D eigenvalue weighted by Crippen LogP contribution is -2.29. The molecule has 7 heteroatoms. The minimum atomic E-state index is -0.432. The lowest BCUT2D eigenvalue weighted by atomic mass is 9.89. The van der Waals surface area contributed by atoms with Gasteiger partial charge in [0.15, 0.2) is 5.82 Å². The largest absolute Gasteiger partial charge is 0.249 e. The van der Waals surface area contributed by atoms with Crippen molar-refractivity contribution in [1.29, 1.82) is 10.5 Å². The van der Waals surface area contributed by atoms with E-state index in [0.717, 1.165) is 16.2 Å². The predicted octanol–water partition coefficient (Wildman–Crippen LogP) is 3.71. The number of aliphatic imine (C=N–C) groups is 1. The van der Waals surface area contributed by atoms with E-state index in [4.69, 9.17) is 5.26 Å². The van der Waals surface area contributed by atoms with Crippen molar-refractivity contribution < 1.29 is 0 Å². The summed E-state index contributed by atoms with van der Waals surface area (Å²) < 4.78 is 1.72. The quantitative estimate of drug-likeness (QED) is 0.708. The summed E-state index contributed by atoms with van der Waals surface area (Å²) in [5, 5.41) is 25.3. The SMILES string of the molecule is CC1=Nc2nc(-c3cccs3)nn2C(c2ccc(C#N)cc2)C1C#N. The highest BCUT2D eigenvalue weighted by atomic mass is 32.1. The van der Waals surface area contributed by atoms with Crippen LogP contribution in [0.2, 0.25) is 0 Å². The van der Waals surface area contributed by atoms with Gasteiger partial charge in [0.05, 0.1) is 22.6 Å². The van der Waals surface area contributed by atoms with Gasteiger partial charge in [-0.3, -0.25) is 0 Å². The van der Waals surface area contributed by atoms with E-state index in [1.807, 2.05) is 36.6 Å². The highest BCUT2D eigenvalue weighted by molar-refractivity contribution is 7.13. The molecule has 0 bridgehead atoms. The number of thiophene rings is 1. The highest BCUT2D eigenvalue weighted by Gasteiger charge is 2.34. The van der Waals surface area contributed by atoms with Crippen molar-refractivity contribution in [2.75, 3.05) is 0 Å². The molecule has 1 aliphatic heterocycles. The topological polar surface area (TPSA) is 90.7 Å². The molecule has 3 aromatic rings. The van der Waals surface area contributed by atoms with Crippen LogP contribution >= 0.6 is 11.3 Å². The Morgan fingerprint density at radius 1 is 1.16 bits per heavy atom. The molecule has 0 fully saturated rings. The molecule has 0 N–H and O–H groups in total. The molecule has 120 valence electrons. The molecule has 6 nitrogen and oxygen atoms in total. The summed E-state index contributed by atoms with van der Waals surface area (Å²) in [6, 6.07) is 15.3. The van der Waals surface area contributed by atoms with Gasteiger partial charge < -0.3 is 0 Å². The molecule has 1 aliphatic rings. The van der Waals surface area contributed by atoms with Crippen LogP contribution in [0.1, 0.15) is 24.1 Å². The minimum Gasteiger partial charge on any atom is -0.220 e. The second kappa shape index (κ2) is 5.97.